The van der Waals surface area contributed by atoms with E-state index in [1.54, 1.807) is 0 Å². The third kappa shape index (κ3) is 3.97. The van der Waals surface area contributed by atoms with Crippen molar-refractivity contribution in [2.45, 2.75) is 64.6 Å². The molecule has 19 heavy (non-hydrogen) atoms. The minimum atomic E-state index is -0.353. The Morgan fingerprint density at radius 3 is 2.26 bits per heavy atom. The van der Waals surface area contributed by atoms with Crippen LogP contribution in [0.4, 0.5) is 0 Å². The lowest BCUT2D eigenvalue weighted by Crippen LogP contribution is -2.23. The molecule has 2 nitrogen and oxygen atoms in total. The van der Waals surface area contributed by atoms with Crippen LogP contribution in [0.25, 0.3) is 0 Å². The Balaban J connectivity index is 1.86. The molecule has 1 N–H and O–H groups in total. The van der Waals surface area contributed by atoms with Crippen LogP contribution in [0.5, 0.6) is 5.75 Å². The summed E-state index contributed by atoms with van der Waals surface area (Å²) < 4.78 is 6.03. The molecule has 2 heteroatoms. The summed E-state index contributed by atoms with van der Waals surface area (Å²) in [5.41, 5.74) is 0.976. The third-order valence-electron chi connectivity index (χ3n) is 4.33. The second-order valence-electron chi connectivity index (χ2n) is 5.66. The van der Waals surface area contributed by atoms with Crippen LogP contribution < -0.4 is 4.74 Å². The highest BCUT2D eigenvalue weighted by Gasteiger charge is 2.21. The second-order valence-corrected chi connectivity index (χ2v) is 5.66. The number of aliphatic hydroxyl groups is 1. The molecule has 1 aromatic carbocycles. The molecular weight excluding hydrogens is 236 g/mol. The van der Waals surface area contributed by atoms with Gasteiger partial charge in [0.05, 0.1) is 12.2 Å². The molecule has 0 aliphatic heterocycles. The van der Waals surface area contributed by atoms with E-state index < -0.39 is 0 Å². The Kier molecular flexibility index (Phi) is 5.26. The molecule has 0 spiro atoms. The van der Waals surface area contributed by atoms with Gasteiger partial charge in [0.25, 0.3) is 0 Å². The lowest BCUT2D eigenvalue weighted by atomic mass is 9.86. The first-order valence-corrected chi connectivity index (χ1v) is 7.67. The molecule has 106 valence electrons. The molecule has 0 amide bonds. The molecule has 1 fully saturated rings. The van der Waals surface area contributed by atoms with Crippen molar-refractivity contribution in [2.75, 3.05) is 0 Å². The fourth-order valence-electron chi connectivity index (χ4n) is 2.85. The maximum atomic E-state index is 9.76. The Morgan fingerprint density at radius 2 is 1.74 bits per heavy atom. The molecule has 0 saturated heterocycles. The maximum absolute atomic E-state index is 9.76. The molecule has 1 saturated carbocycles. The average molecular weight is 262 g/mol. The Bertz CT molecular complexity index is 363. The standard InChI is InChI=1S/C17H26O2/c1-3-13-5-9-15(10-6-13)19-16-11-7-14(8-12-16)17(18)4-2/h7-8,11-13,15,17-18H,3-6,9-10H2,1-2H3. The first kappa shape index (κ1) is 14.4. The van der Waals surface area contributed by atoms with Crippen LogP contribution in [0, 0.1) is 5.92 Å². The van der Waals surface area contributed by atoms with Gasteiger partial charge < -0.3 is 9.84 Å². The van der Waals surface area contributed by atoms with Gasteiger partial charge in [-0.15, -0.1) is 0 Å². The van der Waals surface area contributed by atoms with Crippen molar-refractivity contribution in [3.63, 3.8) is 0 Å². The molecule has 0 heterocycles. The van der Waals surface area contributed by atoms with Gasteiger partial charge in [-0.05, 0) is 55.7 Å². The van der Waals surface area contributed by atoms with Gasteiger partial charge in [0.1, 0.15) is 5.75 Å². The Labute approximate surface area is 116 Å². The summed E-state index contributed by atoms with van der Waals surface area (Å²) in [5.74, 6) is 1.84. The maximum Gasteiger partial charge on any atom is 0.119 e. The lowest BCUT2D eigenvalue weighted by Gasteiger charge is -2.28. The van der Waals surface area contributed by atoms with Crippen LogP contribution in [-0.2, 0) is 0 Å². The molecule has 1 aromatic rings. The summed E-state index contributed by atoms with van der Waals surface area (Å²) >= 11 is 0. The van der Waals surface area contributed by atoms with Gasteiger partial charge in [0.15, 0.2) is 0 Å². The normalized spacial score (nSPS) is 25.0. The van der Waals surface area contributed by atoms with Gasteiger partial charge in [0.2, 0.25) is 0 Å². The van der Waals surface area contributed by atoms with E-state index in [4.69, 9.17) is 4.74 Å². The van der Waals surface area contributed by atoms with Crippen LogP contribution in [0.3, 0.4) is 0 Å². The molecule has 2 rings (SSSR count). The van der Waals surface area contributed by atoms with E-state index in [-0.39, 0.29) is 6.10 Å². The van der Waals surface area contributed by atoms with E-state index in [1.807, 2.05) is 31.2 Å². The number of ether oxygens (including phenoxy) is 1. The van der Waals surface area contributed by atoms with Crippen molar-refractivity contribution in [2.24, 2.45) is 5.92 Å². The first-order chi connectivity index (χ1) is 9.22. The van der Waals surface area contributed by atoms with Gasteiger partial charge in [-0.2, -0.15) is 0 Å². The molecule has 1 unspecified atom stereocenters. The molecule has 1 aliphatic carbocycles. The van der Waals surface area contributed by atoms with Gasteiger partial charge in [-0.25, -0.2) is 0 Å². The highest BCUT2D eigenvalue weighted by atomic mass is 16.5. The highest BCUT2D eigenvalue weighted by molar-refractivity contribution is 5.28. The highest BCUT2D eigenvalue weighted by Crippen LogP contribution is 2.29. The van der Waals surface area contributed by atoms with Crippen molar-refractivity contribution in [1.82, 2.24) is 0 Å². The number of rotatable bonds is 5. The summed E-state index contributed by atoms with van der Waals surface area (Å²) in [5, 5.41) is 9.76. The van der Waals surface area contributed by atoms with E-state index in [9.17, 15) is 5.11 Å². The van der Waals surface area contributed by atoms with Gasteiger partial charge in [-0.3, -0.25) is 0 Å². The monoisotopic (exact) mass is 262 g/mol. The zero-order chi connectivity index (χ0) is 13.7. The van der Waals surface area contributed by atoms with Gasteiger partial charge in [0, 0.05) is 0 Å². The summed E-state index contributed by atoms with van der Waals surface area (Å²) in [7, 11) is 0. The van der Waals surface area contributed by atoms with Gasteiger partial charge >= 0.3 is 0 Å². The second kappa shape index (κ2) is 6.95. The number of aliphatic hydroxyl groups excluding tert-OH is 1. The average Bonchev–Trinajstić information content (AvgIpc) is 2.48. The Morgan fingerprint density at radius 1 is 1.11 bits per heavy atom. The minimum Gasteiger partial charge on any atom is -0.490 e. The van der Waals surface area contributed by atoms with Crippen LogP contribution >= 0.6 is 0 Å². The van der Waals surface area contributed by atoms with Crippen LogP contribution in [-0.4, -0.2) is 11.2 Å². The number of hydrogen-bond acceptors (Lipinski definition) is 2. The topological polar surface area (TPSA) is 29.5 Å². The number of benzene rings is 1. The fraction of sp³-hybridized carbons (Fsp3) is 0.647. The van der Waals surface area contributed by atoms with E-state index in [0.29, 0.717) is 6.10 Å². The van der Waals surface area contributed by atoms with Crippen molar-refractivity contribution in [3.8, 4) is 5.75 Å². The van der Waals surface area contributed by atoms with Crippen molar-refractivity contribution < 1.29 is 9.84 Å². The van der Waals surface area contributed by atoms with E-state index in [0.717, 1.165) is 23.7 Å². The summed E-state index contributed by atoms with van der Waals surface area (Å²) in [6.45, 7) is 4.27. The predicted molar refractivity (Wildman–Crippen MR) is 78.4 cm³/mol. The van der Waals surface area contributed by atoms with Crippen molar-refractivity contribution in [1.29, 1.82) is 0 Å². The zero-order valence-corrected chi connectivity index (χ0v) is 12.1. The molecule has 0 aromatic heterocycles. The van der Waals surface area contributed by atoms with E-state index >= 15 is 0 Å². The van der Waals surface area contributed by atoms with Crippen LogP contribution in [0.1, 0.15) is 64.0 Å². The number of hydrogen-bond donors (Lipinski definition) is 1. The SMILES string of the molecule is CCC1CCC(Oc2ccc(C(O)CC)cc2)CC1. The largest absolute Gasteiger partial charge is 0.490 e. The van der Waals surface area contributed by atoms with Crippen molar-refractivity contribution in [3.05, 3.63) is 29.8 Å². The molecule has 1 aliphatic rings. The van der Waals surface area contributed by atoms with E-state index in [2.05, 4.69) is 6.92 Å². The van der Waals surface area contributed by atoms with Crippen molar-refractivity contribution >= 4 is 0 Å². The first-order valence-electron chi connectivity index (χ1n) is 7.67. The minimum absolute atomic E-state index is 0.353. The molecule has 1 atom stereocenters. The summed E-state index contributed by atoms with van der Waals surface area (Å²) in [6.07, 6.45) is 7.04. The molecule has 0 bridgehead atoms. The molecular formula is C17H26O2. The smallest absolute Gasteiger partial charge is 0.119 e. The lowest BCUT2D eigenvalue weighted by molar-refractivity contribution is 0.129. The molecule has 0 radical (unpaired) electrons. The third-order valence-corrected chi connectivity index (χ3v) is 4.33. The summed E-state index contributed by atoms with van der Waals surface area (Å²) in [6, 6.07) is 7.92. The summed E-state index contributed by atoms with van der Waals surface area (Å²) in [4.78, 5) is 0. The predicted octanol–water partition coefficient (Wildman–Crippen LogP) is 4.48. The quantitative estimate of drug-likeness (QED) is 0.848. The van der Waals surface area contributed by atoms with Gasteiger partial charge in [-0.1, -0.05) is 32.4 Å². The van der Waals surface area contributed by atoms with E-state index in [1.165, 1.54) is 32.1 Å². The fourth-order valence-corrected chi connectivity index (χ4v) is 2.85. The van der Waals surface area contributed by atoms with Crippen LogP contribution in [0.15, 0.2) is 24.3 Å². The Hall–Kier alpha value is -1.02. The van der Waals surface area contributed by atoms with Crippen LogP contribution in [0.2, 0.25) is 0 Å². The zero-order valence-electron chi connectivity index (χ0n) is 12.1.